The fraction of sp³-hybridized carbons (Fsp3) is 0.682. The Morgan fingerprint density at radius 2 is 1.68 bits per heavy atom. The van der Waals surface area contributed by atoms with Crippen molar-refractivity contribution in [2.45, 2.75) is 63.8 Å². The fourth-order valence-electron chi connectivity index (χ4n) is 4.55. The number of carbonyl (C=O) groups excluding carboxylic acids is 1. The number of aryl methyl sites for hydroxylation is 1. The normalized spacial score (nSPS) is 20.2. The van der Waals surface area contributed by atoms with Gasteiger partial charge in [-0.2, -0.15) is 0 Å². The molecular weight excluding hydrogens is 372 g/mol. The van der Waals surface area contributed by atoms with Crippen LogP contribution in [0.4, 0.5) is 0 Å². The molecule has 0 N–H and O–H groups in total. The molecule has 0 radical (unpaired) electrons. The molecule has 0 atom stereocenters. The van der Waals surface area contributed by atoms with Crippen LogP contribution in [0.25, 0.3) is 0 Å². The van der Waals surface area contributed by atoms with Crippen LogP contribution in [0.5, 0.6) is 0 Å². The van der Waals surface area contributed by atoms with Gasteiger partial charge in [-0.1, -0.05) is 49.6 Å². The van der Waals surface area contributed by atoms with Gasteiger partial charge >= 0.3 is 0 Å². The molecule has 5 nitrogen and oxygen atoms in total. The molecule has 0 spiro atoms. The summed E-state index contributed by atoms with van der Waals surface area (Å²) in [5.41, 5.74) is 1.17. The predicted molar refractivity (Wildman–Crippen MR) is 112 cm³/mol. The van der Waals surface area contributed by atoms with Gasteiger partial charge in [-0.05, 0) is 44.1 Å². The van der Waals surface area contributed by atoms with Crippen molar-refractivity contribution in [3.8, 4) is 0 Å². The zero-order valence-corrected chi connectivity index (χ0v) is 17.9. The highest BCUT2D eigenvalue weighted by molar-refractivity contribution is 7.89. The van der Waals surface area contributed by atoms with E-state index in [9.17, 15) is 13.2 Å². The molecule has 1 aliphatic heterocycles. The second kappa shape index (κ2) is 9.88. The number of piperidine rings is 1. The van der Waals surface area contributed by atoms with E-state index in [4.69, 9.17) is 0 Å². The minimum atomic E-state index is -3.23. The maximum atomic E-state index is 12.8. The summed E-state index contributed by atoms with van der Waals surface area (Å²) in [6, 6.07) is 10.4. The van der Waals surface area contributed by atoms with Crippen LogP contribution in [0, 0.1) is 5.92 Å². The first-order valence-corrected chi connectivity index (χ1v) is 12.4. The largest absolute Gasteiger partial charge is 0.343 e. The number of hydrogen-bond acceptors (Lipinski definition) is 3. The summed E-state index contributed by atoms with van der Waals surface area (Å²) in [6.45, 7) is 0.950. The van der Waals surface area contributed by atoms with E-state index in [0.29, 0.717) is 38.4 Å². The first kappa shape index (κ1) is 21.3. The van der Waals surface area contributed by atoms with Crippen LogP contribution in [0.3, 0.4) is 0 Å². The summed E-state index contributed by atoms with van der Waals surface area (Å²) in [5.74, 6) is 0.374. The van der Waals surface area contributed by atoms with E-state index in [-0.39, 0.29) is 17.6 Å². The molecule has 1 saturated heterocycles. The quantitative estimate of drug-likeness (QED) is 0.697. The van der Waals surface area contributed by atoms with Crippen LogP contribution in [0.2, 0.25) is 0 Å². The van der Waals surface area contributed by atoms with Crippen molar-refractivity contribution in [1.29, 1.82) is 0 Å². The van der Waals surface area contributed by atoms with E-state index in [1.54, 1.807) is 4.31 Å². The average Bonchev–Trinajstić information content (AvgIpc) is 2.74. The highest BCUT2D eigenvalue weighted by atomic mass is 32.2. The van der Waals surface area contributed by atoms with Crippen LogP contribution >= 0.6 is 0 Å². The summed E-state index contributed by atoms with van der Waals surface area (Å²) in [5, 5.41) is 0. The molecule has 0 aromatic heterocycles. The molecule has 1 aliphatic carbocycles. The number of amides is 1. The molecule has 1 amide bonds. The topological polar surface area (TPSA) is 57.7 Å². The lowest BCUT2D eigenvalue weighted by atomic mass is 9.91. The SMILES string of the molecule is CN(C(=O)C1CCN(S(=O)(=O)CCCc2ccccc2)CC1)C1CCCCC1. The Bertz CT molecular complexity index is 721. The molecule has 1 heterocycles. The number of hydrogen-bond donors (Lipinski definition) is 0. The fourth-order valence-corrected chi connectivity index (χ4v) is 6.08. The van der Waals surface area contributed by atoms with Crippen molar-refractivity contribution >= 4 is 15.9 Å². The lowest BCUT2D eigenvalue weighted by Crippen LogP contribution is -2.46. The van der Waals surface area contributed by atoms with Crippen LogP contribution in [-0.2, 0) is 21.2 Å². The summed E-state index contributed by atoms with van der Waals surface area (Å²) in [6.07, 6.45) is 8.62. The summed E-state index contributed by atoms with van der Waals surface area (Å²) in [7, 11) is -1.30. The second-order valence-electron chi connectivity index (χ2n) is 8.32. The average molecular weight is 407 g/mol. The lowest BCUT2D eigenvalue weighted by molar-refractivity contribution is -0.138. The molecule has 0 unspecified atom stereocenters. The van der Waals surface area contributed by atoms with Crippen LogP contribution < -0.4 is 0 Å². The Kier molecular flexibility index (Phi) is 7.52. The van der Waals surface area contributed by atoms with Crippen LogP contribution in [0.15, 0.2) is 30.3 Å². The molecule has 3 rings (SSSR count). The molecule has 1 saturated carbocycles. The Morgan fingerprint density at radius 1 is 1.04 bits per heavy atom. The monoisotopic (exact) mass is 406 g/mol. The van der Waals surface area contributed by atoms with Gasteiger partial charge in [-0.15, -0.1) is 0 Å². The highest BCUT2D eigenvalue weighted by Crippen LogP contribution is 2.26. The van der Waals surface area contributed by atoms with Gasteiger partial charge in [-0.25, -0.2) is 12.7 Å². The van der Waals surface area contributed by atoms with Crippen LogP contribution in [-0.4, -0.2) is 55.5 Å². The molecule has 2 fully saturated rings. The number of sulfonamides is 1. The second-order valence-corrected chi connectivity index (χ2v) is 10.4. The minimum Gasteiger partial charge on any atom is -0.343 e. The minimum absolute atomic E-state index is 0.0253. The van der Waals surface area contributed by atoms with Gasteiger partial charge in [0.15, 0.2) is 0 Å². The summed E-state index contributed by atoms with van der Waals surface area (Å²) < 4.78 is 26.9. The van der Waals surface area contributed by atoms with Gasteiger partial charge in [0.1, 0.15) is 0 Å². The third kappa shape index (κ3) is 5.57. The maximum Gasteiger partial charge on any atom is 0.225 e. The van der Waals surface area contributed by atoms with E-state index in [1.165, 1.54) is 24.8 Å². The first-order valence-electron chi connectivity index (χ1n) is 10.8. The van der Waals surface area contributed by atoms with Crippen molar-refractivity contribution in [3.63, 3.8) is 0 Å². The number of carbonyl (C=O) groups is 1. The Morgan fingerprint density at radius 3 is 2.32 bits per heavy atom. The molecule has 6 heteroatoms. The first-order chi connectivity index (χ1) is 13.5. The van der Waals surface area contributed by atoms with Crippen molar-refractivity contribution in [2.75, 3.05) is 25.9 Å². The standard InChI is InChI=1S/C22H34N2O3S/c1-23(21-12-6-3-7-13-21)22(25)20-14-16-24(17-15-20)28(26,27)18-8-11-19-9-4-2-5-10-19/h2,4-5,9-10,20-21H,3,6-8,11-18H2,1H3. The van der Waals surface area contributed by atoms with E-state index in [1.807, 2.05) is 42.3 Å². The maximum absolute atomic E-state index is 12.8. The number of rotatable bonds is 7. The smallest absolute Gasteiger partial charge is 0.225 e. The van der Waals surface area contributed by atoms with Crippen molar-refractivity contribution in [3.05, 3.63) is 35.9 Å². The summed E-state index contributed by atoms with van der Waals surface area (Å²) >= 11 is 0. The Labute approximate surface area is 170 Å². The Balaban J connectivity index is 1.45. The Hall–Kier alpha value is -1.40. The van der Waals surface area contributed by atoms with Crippen LogP contribution in [0.1, 0.15) is 56.9 Å². The van der Waals surface area contributed by atoms with Gasteiger partial charge in [0.2, 0.25) is 15.9 Å². The van der Waals surface area contributed by atoms with Gasteiger partial charge in [-0.3, -0.25) is 4.79 Å². The molecule has 1 aromatic rings. The van der Waals surface area contributed by atoms with Crippen molar-refractivity contribution in [2.24, 2.45) is 5.92 Å². The molecule has 2 aliphatic rings. The van der Waals surface area contributed by atoms with E-state index in [0.717, 1.165) is 19.3 Å². The zero-order valence-electron chi connectivity index (χ0n) is 17.1. The highest BCUT2D eigenvalue weighted by Gasteiger charge is 2.33. The third-order valence-corrected chi connectivity index (χ3v) is 8.33. The number of benzene rings is 1. The van der Waals surface area contributed by atoms with E-state index in [2.05, 4.69) is 0 Å². The van der Waals surface area contributed by atoms with Crippen molar-refractivity contribution < 1.29 is 13.2 Å². The number of nitrogens with zero attached hydrogens (tertiary/aromatic N) is 2. The van der Waals surface area contributed by atoms with Gasteiger partial charge in [0.25, 0.3) is 0 Å². The van der Waals surface area contributed by atoms with Gasteiger partial charge < -0.3 is 4.90 Å². The van der Waals surface area contributed by atoms with Gasteiger partial charge in [0, 0.05) is 32.1 Å². The molecule has 1 aromatic carbocycles. The van der Waals surface area contributed by atoms with E-state index < -0.39 is 10.0 Å². The van der Waals surface area contributed by atoms with Crippen molar-refractivity contribution in [1.82, 2.24) is 9.21 Å². The predicted octanol–water partition coefficient (Wildman–Crippen LogP) is 3.45. The lowest BCUT2D eigenvalue weighted by Gasteiger charge is -2.36. The summed E-state index contributed by atoms with van der Waals surface area (Å²) in [4.78, 5) is 14.8. The molecule has 0 bridgehead atoms. The molecule has 28 heavy (non-hydrogen) atoms. The molecule has 156 valence electrons. The van der Waals surface area contributed by atoms with Gasteiger partial charge in [0.05, 0.1) is 5.75 Å². The zero-order chi connectivity index (χ0) is 20.0. The molecular formula is C22H34N2O3S. The third-order valence-electron chi connectivity index (χ3n) is 6.38. The van der Waals surface area contributed by atoms with E-state index >= 15 is 0 Å².